The molecule has 132 valence electrons. The third-order valence-corrected chi connectivity index (χ3v) is 4.06. The molecule has 0 saturated heterocycles. The first-order chi connectivity index (χ1) is 11.1. The minimum absolute atomic E-state index is 0. The standard InChI is InChI=1S/C17H24N4OS.HI/c1-12(2)22-16-8-6-14(9-19-16)10-20-17(18-4)21-11-15-7-5-13(3)23-15;/h5-9,12H,10-11H2,1-4H3,(H2,18,20,21);1H. The highest BCUT2D eigenvalue weighted by atomic mass is 127. The molecule has 2 aromatic rings. The Kier molecular flexibility index (Phi) is 9.05. The molecule has 0 unspecified atom stereocenters. The molecule has 0 amide bonds. The summed E-state index contributed by atoms with van der Waals surface area (Å²) in [5, 5.41) is 6.60. The number of halogens is 1. The second-order valence-electron chi connectivity index (χ2n) is 5.46. The molecule has 0 aliphatic rings. The summed E-state index contributed by atoms with van der Waals surface area (Å²) in [4.78, 5) is 11.1. The molecule has 0 fully saturated rings. The number of thiophene rings is 1. The number of nitrogens with one attached hydrogen (secondary N) is 2. The molecule has 0 atom stereocenters. The monoisotopic (exact) mass is 460 g/mol. The molecule has 2 N–H and O–H groups in total. The van der Waals surface area contributed by atoms with E-state index in [9.17, 15) is 0 Å². The lowest BCUT2D eigenvalue weighted by Crippen LogP contribution is -2.36. The van der Waals surface area contributed by atoms with Gasteiger partial charge in [-0.25, -0.2) is 4.98 Å². The number of hydrogen-bond acceptors (Lipinski definition) is 4. The van der Waals surface area contributed by atoms with Gasteiger partial charge in [-0.1, -0.05) is 6.07 Å². The SMILES string of the molecule is CN=C(NCc1ccc(OC(C)C)nc1)NCc1ccc(C)s1.I. The van der Waals surface area contributed by atoms with Crippen LogP contribution in [0.3, 0.4) is 0 Å². The van der Waals surface area contributed by atoms with Gasteiger partial charge in [0.15, 0.2) is 5.96 Å². The van der Waals surface area contributed by atoms with E-state index in [-0.39, 0.29) is 30.1 Å². The lowest BCUT2D eigenvalue weighted by atomic mass is 10.3. The van der Waals surface area contributed by atoms with Gasteiger partial charge in [0, 0.05) is 35.6 Å². The van der Waals surface area contributed by atoms with Crippen molar-refractivity contribution in [1.82, 2.24) is 15.6 Å². The smallest absolute Gasteiger partial charge is 0.213 e. The van der Waals surface area contributed by atoms with E-state index in [1.165, 1.54) is 9.75 Å². The van der Waals surface area contributed by atoms with E-state index in [4.69, 9.17) is 4.74 Å². The van der Waals surface area contributed by atoms with Crippen LogP contribution in [0.5, 0.6) is 5.88 Å². The van der Waals surface area contributed by atoms with E-state index in [1.54, 1.807) is 18.4 Å². The lowest BCUT2D eigenvalue weighted by molar-refractivity contribution is 0.232. The van der Waals surface area contributed by atoms with Gasteiger partial charge in [-0.2, -0.15) is 0 Å². The Balaban J connectivity index is 0.00000288. The normalized spacial score (nSPS) is 11.1. The van der Waals surface area contributed by atoms with E-state index in [0.29, 0.717) is 12.4 Å². The van der Waals surface area contributed by atoms with Gasteiger partial charge in [0.05, 0.1) is 12.6 Å². The summed E-state index contributed by atoms with van der Waals surface area (Å²) in [7, 11) is 1.77. The molecule has 24 heavy (non-hydrogen) atoms. The maximum Gasteiger partial charge on any atom is 0.213 e. The average molecular weight is 460 g/mol. The highest BCUT2D eigenvalue weighted by Crippen LogP contribution is 2.14. The largest absolute Gasteiger partial charge is 0.475 e. The molecule has 0 spiro atoms. The second-order valence-corrected chi connectivity index (χ2v) is 6.84. The lowest BCUT2D eigenvalue weighted by Gasteiger charge is -2.12. The van der Waals surface area contributed by atoms with Crippen molar-refractivity contribution in [3.05, 3.63) is 45.8 Å². The molecule has 0 saturated carbocycles. The number of hydrogen-bond donors (Lipinski definition) is 2. The maximum absolute atomic E-state index is 5.54. The summed E-state index contributed by atoms with van der Waals surface area (Å²) < 4.78 is 5.54. The van der Waals surface area contributed by atoms with Crippen LogP contribution in [0, 0.1) is 6.92 Å². The van der Waals surface area contributed by atoms with Crippen LogP contribution >= 0.6 is 35.3 Å². The Labute approximate surface area is 165 Å². The average Bonchev–Trinajstić information content (AvgIpc) is 2.94. The zero-order valence-corrected chi connectivity index (χ0v) is 17.6. The van der Waals surface area contributed by atoms with Crippen LogP contribution in [0.2, 0.25) is 0 Å². The number of rotatable bonds is 6. The van der Waals surface area contributed by atoms with Gasteiger partial charge in [0.2, 0.25) is 5.88 Å². The third kappa shape index (κ3) is 7.04. The predicted octanol–water partition coefficient (Wildman–Crippen LogP) is 3.72. The van der Waals surface area contributed by atoms with Crippen molar-refractivity contribution >= 4 is 41.3 Å². The Morgan fingerprint density at radius 1 is 1.21 bits per heavy atom. The quantitative estimate of drug-likeness (QED) is 0.392. The number of guanidine groups is 1. The summed E-state index contributed by atoms with van der Waals surface area (Å²) >= 11 is 1.79. The molecule has 7 heteroatoms. The van der Waals surface area contributed by atoms with Crippen LogP contribution in [0.15, 0.2) is 35.5 Å². The number of nitrogens with zero attached hydrogens (tertiary/aromatic N) is 2. The van der Waals surface area contributed by atoms with Gasteiger partial charge < -0.3 is 15.4 Å². The minimum Gasteiger partial charge on any atom is -0.475 e. The highest BCUT2D eigenvalue weighted by Gasteiger charge is 2.02. The molecule has 0 aliphatic carbocycles. The fourth-order valence-electron chi connectivity index (χ4n) is 1.98. The van der Waals surface area contributed by atoms with Gasteiger partial charge in [0.1, 0.15) is 0 Å². The van der Waals surface area contributed by atoms with Crippen LogP contribution in [-0.2, 0) is 13.1 Å². The zero-order chi connectivity index (χ0) is 16.7. The van der Waals surface area contributed by atoms with Gasteiger partial charge in [-0.3, -0.25) is 4.99 Å². The molecule has 2 heterocycles. The summed E-state index contributed by atoms with van der Waals surface area (Å²) in [5.74, 6) is 1.43. The fraction of sp³-hybridized carbons (Fsp3) is 0.412. The highest BCUT2D eigenvalue weighted by molar-refractivity contribution is 14.0. The van der Waals surface area contributed by atoms with Crippen molar-refractivity contribution < 1.29 is 4.74 Å². The molecule has 0 aliphatic heterocycles. The number of aromatic nitrogens is 1. The summed E-state index contributed by atoms with van der Waals surface area (Å²) in [6.45, 7) is 7.53. The van der Waals surface area contributed by atoms with Crippen molar-refractivity contribution in [1.29, 1.82) is 0 Å². The predicted molar refractivity (Wildman–Crippen MR) is 112 cm³/mol. The Morgan fingerprint density at radius 2 is 1.96 bits per heavy atom. The first-order valence-electron chi connectivity index (χ1n) is 7.68. The van der Waals surface area contributed by atoms with Gasteiger partial charge in [0.25, 0.3) is 0 Å². The number of pyridine rings is 1. The van der Waals surface area contributed by atoms with Crippen molar-refractivity contribution in [2.45, 2.75) is 40.0 Å². The molecule has 5 nitrogen and oxygen atoms in total. The summed E-state index contributed by atoms with van der Waals surface area (Å²) in [5.41, 5.74) is 1.08. The van der Waals surface area contributed by atoms with Crippen LogP contribution in [0.1, 0.15) is 29.2 Å². The van der Waals surface area contributed by atoms with Crippen LogP contribution < -0.4 is 15.4 Å². The van der Waals surface area contributed by atoms with Crippen molar-refractivity contribution in [3.8, 4) is 5.88 Å². The number of ether oxygens (including phenoxy) is 1. The van der Waals surface area contributed by atoms with E-state index in [1.807, 2.05) is 32.2 Å². The van der Waals surface area contributed by atoms with Crippen LogP contribution in [-0.4, -0.2) is 24.1 Å². The van der Waals surface area contributed by atoms with Crippen molar-refractivity contribution in [3.63, 3.8) is 0 Å². The first kappa shape index (κ1) is 20.7. The second kappa shape index (κ2) is 10.5. The van der Waals surface area contributed by atoms with Crippen LogP contribution in [0.4, 0.5) is 0 Å². The van der Waals surface area contributed by atoms with Crippen molar-refractivity contribution in [2.24, 2.45) is 4.99 Å². The molecule has 0 aromatic carbocycles. The van der Waals surface area contributed by atoms with Gasteiger partial charge >= 0.3 is 0 Å². The molecular formula is C17H25IN4OS. The van der Waals surface area contributed by atoms with E-state index >= 15 is 0 Å². The Hall–Kier alpha value is -1.35. The van der Waals surface area contributed by atoms with Gasteiger partial charge in [-0.05, 0) is 38.5 Å². The molecule has 0 radical (unpaired) electrons. The maximum atomic E-state index is 5.54. The number of aryl methyl sites for hydroxylation is 1. The zero-order valence-electron chi connectivity index (χ0n) is 14.5. The van der Waals surface area contributed by atoms with E-state index in [0.717, 1.165) is 18.1 Å². The van der Waals surface area contributed by atoms with Gasteiger partial charge in [-0.15, -0.1) is 35.3 Å². The molecule has 0 bridgehead atoms. The summed E-state index contributed by atoms with van der Waals surface area (Å²) in [6.07, 6.45) is 1.95. The fourth-order valence-corrected chi connectivity index (χ4v) is 2.81. The topological polar surface area (TPSA) is 58.5 Å². The molecule has 2 aromatic heterocycles. The molecular weight excluding hydrogens is 435 g/mol. The van der Waals surface area contributed by atoms with E-state index < -0.39 is 0 Å². The summed E-state index contributed by atoms with van der Waals surface area (Å²) in [6, 6.07) is 8.16. The Bertz CT molecular complexity index is 640. The Morgan fingerprint density at radius 3 is 2.50 bits per heavy atom. The van der Waals surface area contributed by atoms with Crippen LogP contribution in [0.25, 0.3) is 0 Å². The van der Waals surface area contributed by atoms with Crippen molar-refractivity contribution in [2.75, 3.05) is 7.05 Å². The minimum atomic E-state index is 0. The molecule has 2 rings (SSSR count). The van der Waals surface area contributed by atoms with E-state index in [2.05, 4.69) is 39.7 Å². The first-order valence-corrected chi connectivity index (χ1v) is 8.50. The number of aliphatic imine (C=N–C) groups is 1. The third-order valence-electron chi connectivity index (χ3n) is 3.06.